The Kier molecular flexibility index (Phi) is 5.04. The van der Waals surface area contributed by atoms with Crippen LogP contribution in [-0.4, -0.2) is 27.5 Å². The summed E-state index contributed by atoms with van der Waals surface area (Å²) in [6.45, 7) is 11.6. The minimum Gasteiger partial charge on any atom is -0.391 e. The number of aliphatic hydroxyl groups is 1. The van der Waals surface area contributed by atoms with E-state index in [1.165, 1.54) is 5.56 Å². The van der Waals surface area contributed by atoms with E-state index in [-0.39, 0.29) is 11.5 Å². The summed E-state index contributed by atoms with van der Waals surface area (Å²) in [7, 11) is 0. The molecule has 0 aliphatic rings. The number of hydrogen-bond donors (Lipinski definition) is 2. The molecule has 120 valence electrons. The van der Waals surface area contributed by atoms with Gasteiger partial charge in [-0.15, -0.1) is 0 Å². The summed E-state index contributed by atoms with van der Waals surface area (Å²) in [6.07, 6.45) is -0.364. The van der Waals surface area contributed by atoms with Crippen molar-refractivity contribution in [3.05, 3.63) is 47.3 Å². The Bertz CT molecular complexity index is 611. The molecule has 0 spiro atoms. The Hall–Kier alpha value is -1.65. The molecule has 2 N–H and O–H groups in total. The number of aliphatic hydroxyl groups excluding tert-OH is 1. The van der Waals surface area contributed by atoms with Gasteiger partial charge >= 0.3 is 0 Å². The van der Waals surface area contributed by atoms with Gasteiger partial charge < -0.3 is 10.4 Å². The van der Waals surface area contributed by atoms with Crippen molar-refractivity contribution in [3.63, 3.8) is 0 Å². The Balaban J connectivity index is 2.08. The van der Waals surface area contributed by atoms with Crippen LogP contribution in [0.3, 0.4) is 0 Å². The molecule has 0 saturated heterocycles. The van der Waals surface area contributed by atoms with Crippen LogP contribution in [0.5, 0.6) is 0 Å². The summed E-state index contributed by atoms with van der Waals surface area (Å²) < 4.78 is 1.98. The van der Waals surface area contributed by atoms with E-state index in [4.69, 9.17) is 0 Å². The zero-order valence-corrected chi connectivity index (χ0v) is 14.2. The maximum Gasteiger partial charge on any atom is 0.0712 e. The van der Waals surface area contributed by atoms with Crippen molar-refractivity contribution < 1.29 is 5.11 Å². The average Bonchev–Trinajstić information content (AvgIpc) is 2.75. The Morgan fingerprint density at radius 3 is 2.41 bits per heavy atom. The fourth-order valence-corrected chi connectivity index (χ4v) is 2.39. The van der Waals surface area contributed by atoms with E-state index in [9.17, 15) is 5.11 Å². The number of rotatable bonds is 5. The summed E-state index contributed by atoms with van der Waals surface area (Å²) in [6, 6.07) is 10.2. The van der Waals surface area contributed by atoms with Crippen LogP contribution in [0.1, 0.15) is 37.7 Å². The molecule has 1 aromatic carbocycles. The highest BCUT2D eigenvalue weighted by molar-refractivity contribution is 5.36. The molecule has 0 amide bonds. The second kappa shape index (κ2) is 6.63. The molecule has 0 saturated carbocycles. The third-order valence-electron chi connectivity index (χ3n) is 4.08. The lowest BCUT2D eigenvalue weighted by Crippen LogP contribution is -2.36. The van der Waals surface area contributed by atoms with E-state index in [0.717, 1.165) is 23.6 Å². The van der Waals surface area contributed by atoms with Gasteiger partial charge in [-0.1, -0.05) is 39.0 Å². The summed E-state index contributed by atoms with van der Waals surface area (Å²) in [5.74, 6) is 0. The maximum atomic E-state index is 10.1. The lowest BCUT2D eigenvalue weighted by atomic mass is 9.89. The van der Waals surface area contributed by atoms with Crippen molar-refractivity contribution in [2.75, 3.05) is 6.54 Å². The van der Waals surface area contributed by atoms with Crippen LogP contribution in [0.4, 0.5) is 0 Å². The van der Waals surface area contributed by atoms with Crippen LogP contribution < -0.4 is 5.32 Å². The smallest absolute Gasteiger partial charge is 0.0712 e. The van der Waals surface area contributed by atoms with Crippen molar-refractivity contribution in [2.45, 2.75) is 47.3 Å². The molecule has 0 aliphatic heterocycles. The minimum atomic E-state index is -0.364. The van der Waals surface area contributed by atoms with Crippen molar-refractivity contribution in [1.29, 1.82) is 0 Å². The van der Waals surface area contributed by atoms with Crippen molar-refractivity contribution >= 4 is 0 Å². The minimum absolute atomic E-state index is 0.106. The van der Waals surface area contributed by atoms with E-state index < -0.39 is 0 Å². The van der Waals surface area contributed by atoms with Gasteiger partial charge in [0.05, 0.1) is 17.5 Å². The highest BCUT2D eigenvalue weighted by atomic mass is 16.3. The number of aryl methyl sites for hydroxylation is 1. The molecule has 0 fully saturated rings. The van der Waals surface area contributed by atoms with Crippen LogP contribution in [0, 0.1) is 19.3 Å². The summed E-state index contributed by atoms with van der Waals surface area (Å²) in [4.78, 5) is 0. The van der Waals surface area contributed by atoms with Crippen LogP contribution in [0.2, 0.25) is 0 Å². The summed E-state index contributed by atoms with van der Waals surface area (Å²) in [5, 5.41) is 18.1. The van der Waals surface area contributed by atoms with E-state index in [2.05, 4.69) is 29.5 Å². The van der Waals surface area contributed by atoms with Crippen LogP contribution >= 0.6 is 0 Å². The molecule has 4 heteroatoms. The van der Waals surface area contributed by atoms with Crippen LogP contribution in [0.25, 0.3) is 5.69 Å². The van der Waals surface area contributed by atoms with Crippen LogP contribution in [-0.2, 0) is 6.54 Å². The Morgan fingerprint density at radius 2 is 1.82 bits per heavy atom. The number of para-hydroxylation sites is 1. The number of nitrogens with zero attached hydrogens (tertiary/aromatic N) is 2. The zero-order chi connectivity index (χ0) is 16.3. The highest BCUT2D eigenvalue weighted by Crippen LogP contribution is 2.20. The second-order valence-corrected chi connectivity index (χ2v) is 6.91. The van der Waals surface area contributed by atoms with Gasteiger partial charge in [0.25, 0.3) is 0 Å². The number of benzene rings is 1. The van der Waals surface area contributed by atoms with Gasteiger partial charge in [-0.25, -0.2) is 4.68 Å². The topological polar surface area (TPSA) is 50.1 Å². The third-order valence-corrected chi connectivity index (χ3v) is 4.08. The predicted molar refractivity (Wildman–Crippen MR) is 90.2 cm³/mol. The Morgan fingerprint density at radius 1 is 1.18 bits per heavy atom. The van der Waals surface area contributed by atoms with E-state index in [1.807, 2.05) is 50.6 Å². The molecule has 1 atom stereocenters. The number of aromatic nitrogens is 2. The van der Waals surface area contributed by atoms with Crippen molar-refractivity contribution in [2.24, 2.45) is 5.41 Å². The largest absolute Gasteiger partial charge is 0.391 e. The number of nitrogens with one attached hydrogen (secondary N) is 1. The molecule has 0 radical (unpaired) electrons. The van der Waals surface area contributed by atoms with Gasteiger partial charge in [0, 0.05) is 24.3 Å². The van der Waals surface area contributed by atoms with Gasteiger partial charge in [0.1, 0.15) is 0 Å². The SMILES string of the molecule is Cc1nn(-c2ccccc2)c(C)c1CNCC(O)C(C)(C)C. The molecule has 1 heterocycles. The van der Waals surface area contributed by atoms with Gasteiger partial charge in [-0.2, -0.15) is 5.10 Å². The van der Waals surface area contributed by atoms with E-state index in [0.29, 0.717) is 6.54 Å². The first-order valence-corrected chi connectivity index (χ1v) is 7.80. The maximum absolute atomic E-state index is 10.1. The normalized spacial score (nSPS) is 13.4. The molecule has 4 nitrogen and oxygen atoms in total. The summed E-state index contributed by atoms with van der Waals surface area (Å²) in [5.41, 5.74) is 4.33. The predicted octanol–water partition coefficient (Wildman–Crippen LogP) is 2.99. The molecule has 22 heavy (non-hydrogen) atoms. The van der Waals surface area contributed by atoms with E-state index >= 15 is 0 Å². The fraction of sp³-hybridized carbons (Fsp3) is 0.500. The molecule has 2 rings (SSSR count). The standard InChI is InChI=1S/C18H27N3O/c1-13-16(11-19-12-17(22)18(3,4)5)14(2)21(20-13)15-9-7-6-8-10-15/h6-10,17,19,22H,11-12H2,1-5H3. The van der Waals surface area contributed by atoms with Crippen molar-refractivity contribution in [3.8, 4) is 5.69 Å². The van der Waals surface area contributed by atoms with Crippen molar-refractivity contribution in [1.82, 2.24) is 15.1 Å². The molecule has 0 aliphatic carbocycles. The Labute approximate surface area is 133 Å². The molecule has 1 aromatic heterocycles. The van der Waals surface area contributed by atoms with Gasteiger partial charge in [-0.05, 0) is 31.4 Å². The third kappa shape index (κ3) is 3.76. The quantitative estimate of drug-likeness (QED) is 0.892. The molecular formula is C18H27N3O. The summed E-state index contributed by atoms with van der Waals surface area (Å²) >= 11 is 0. The first-order chi connectivity index (χ1) is 10.3. The lowest BCUT2D eigenvalue weighted by Gasteiger charge is -2.26. The van der Waals surface area contributed by atoms with Gasteiger partial charge in [0.2, 0.25) is 0 Å². The van der Waals surface area contributed by atoms with E-state index in [1.54, 1.807) is 0 Å². The monoisotopic (exact) mass is 301 g/mol. The molecule has 1 unspecified atom stereocenters. The van der Waals surface area contributed by atoms with Gasteiger partial charge in [0.15, 0.2) is 0 Å². The van der Waals surface area contributed by atoms with Crippen LogP contribution in [0.15, 0.2) is 30.3 Å². The molecule has 2 aromatic rings. The average molecular weight is 301 g/mol. The molecule has 0 bridgehead atoms. The molecular weight excluding hydrogens is 274 g/mol. The fourth-order valence-electron chi connectivity index (χ4n) is 2.39. The zero-order valence-electron chi connectivity index (χ0n) is 14.2. The second-order valence-electron chi connectivity index (χ2n) is 6.91. The number of hydrogen-bond acceptors (Lipinski definition) is 3. The first-order valence-electron chi connectivity index (χ1n) is 7.80. The first kappa shape index (κ1) is 16.7. The lowest BCUT2D eigenvalue weighted by molar-refractivity contribution is 0.0627. The highest BCUT2D eigenvalue weighted by Gasteiger charge is 2.21. The van der Waals surface area contributed by atoms with Gasteiger partial charge in [-0.3, -0.25) is 0 Å².